The Morgan fingerprint density at radius 3 is 2.95 bits per heavy atom. The van der Waals surface area contributed by atoms with Gasteiger partial charge < -0.3 is 5.32 Å². The summed E-state index contributed by atoms with van der Waals surface area (Å²) in [6.07, 6.45) is 1.69. The van der Waals surface area contributed by atoms with E-state index >= 15 is 0 Å². The van der Waals surface area contributed by atoms with Crippen molar-refractivity contribution < 1.29 is 4.79 Å². The van der Waals surface area contributed by atoms with Crippen molar-refractivity contribution in [3.8, 4) is 0 Å². The first-order valence-electron chi connectivity index (χ1n) is 6.15. The van der Waals surface area contributed by atoms with E-state index in [-0.39, 0.29) is 5.91 Å². The molecule has 1 heterocycles. The molecule has 2 N–H and O–H groups in total. The van der Waals surface area contributed by atoms with Crippen LogP contribution in [0.4, 0.5) is 5.69 Å². The van der Waals surface area contributed by atoms with Crippen LogP contribution in [0.3, 0.4) is 0 Å². The van der Waals surface area contributed by atoms with E-state index in [0.29, 0.717) is 10.6 Å². The standard InChI is InChI=1S/C15H12ClN3O/c1-9-7-11(16)5-6-13(9)18-15(20)12-4-2-3-10-8-17-19-14(10)12/h2-8H,1H3,(H,17,19)(H,18,20). The van der Waals surface area contributed by atoms with Crippen LogP contribution in [-0.4, -0.2) is 16.1 Å². The van der Waals surface area contributed by atoms with Crippen molar-refractivity contribution >= 4 is 34.1 Å². The maximum atomic E-state index is 12.4. The number of benzene rings is 2. The number of rotatable bonds is 2. The van der Waals surface area contributed by atoms with E-state index < -0.39 is 0 Å². The van der Waals surface area contributed by atoms with Gasteiger partial charge in [-0.1, -0.05) is 23.7 Å². The first-order valence-corrected chi connectivity index (χ1v) is 6.52. The van der Waals surface area contributed by atoms with Gasteiger partial charge in [-0.3, -0.25) is 9.89 Å². The molecule has 100 valence electrons. The van der Waals surface area contributed by atoms with Gasteiger partial charge in [0, 0.05) is 16.1 Å². The van der Waals surface area contributed by atoms with Gasteiger partial charge in [0.2, 0.25) is 0 Å². The van der Waals surface area contributed by atoms with E-state index in [2.05, 4.69) is 15.5 Å². The highest BCUT2D eigenvalue weighted by Gasteiger charge is 2.12. The molecule has 0 unspecified atom stereocenters. The molecule has 0 spiro atoms. The fraction of sp³-hybridized carbons (Fsp3) is 0.0667. The molecular formula is C15H12ClN3O. The SMILES string of the molecule is Cc1cc(Cl)ccc1NC(=O)c1cccc2cn[nH]c12. The molecule has 3 aromatic rings. The molecule has 0 aliphatic heterocycles. The number of aromatic nitrogens is 2. The summed E-state index contributed by atoms with van der Waals surface area (Å²) in [5, 5.41) is 11.3. The number of fused-ring (bicyclic) bond motifs is 1. The second-order valence-corrected chi connectivity index (χ2v) is 4.99. The number of hydrogen-bond acceptors (Lipinski definition) is 2. The van der Waals surface area contributed by atoms with Crippen LogP contribution in [0.5, 0.6) is 0 Å². The Morgan fingerprint density at radius 1 is 1.30 bits per heavy atom. The van der Waals surface area contributed by atoms with E-state index in [4.69, 9.17) is 11.6 Å². The zero-order valence-electron chi connectivity index (χ0n) is 10.8. The summed E-state index contributed by atoms with van der Waals surface area (Å²) in [5.74, 6) is -0.176. The Bertz CT molecular complexity index is 795. The third-order valence-corrected chi connectivity index (χ3v) is 3.39. The molecule has 3 rings (SSSR count). The number of H-pyrrole nitrogens is 1. The third-order valence-electron chi connectivity index (χ3n) is 3.16. The minimum atomic E-state index is -0.176. The number of nitrogens with one attached hydrogen (secondary N) is 2. The number of anilines is 1. The summed E-state index contributed by atoms with van der Waals surface area (Å²) in [6.45, 7) is 1.90. The molecular weight excluding hydrogens is 274 g/mol. The molecule has 0 fully saturated rings. The summed E-state index contributed by atoms with van der Waals surface area (Å²) in [6, 6.07) is 10.9. The average Bonchev–Trinajstić information content (AvgIpc) is 2.90. The highest BCUT2D eigenvalue weighted by Crippen LogP contribution is 2.22. The van der Waals surface area contributed by atoms with Crippen molar-refractivity contribution in [2.24, 2.45) is 0 Å². The molecule has 0 aliphatic rings. The topological polar surface area (TPSA) is 57.8 Å². The van der Waals surface area contributed by atoms with Crippen molar-refractivity contribution in [2.75, 3.05) is 5.32 Å². The first kappa shape index (κ1) is 12.7. The lowest BCUT2D eigenvalue weighted by Gasteiger charge is -2.09. The molecule has 20 heavy (non-hydrogen) atoms. The Morgan fingerprint density at radius 2 is 2.15 bits per heavy atom. The lowest BCUT2D eigenvalue weighted by molar-refractivity contribution is 0.102. The van der Waals surface area contributed by atoms with Gasteiger partial charge in [0.15, 0.2) is 0 Å². The van der Waals surface area contributed by atoms with Crippen molar-refractivity contribution in [2.45, 2.75) is 6.92 Å². The van der Waals surface area contributed by atoms with E-state index in [9.17, 15) is 4.79 Å². The molecule has 0 saturated carbocycles. The van der Waals surface area contributed by atoms with Crippen molar-refractivity contribution in [1.29, 1.82) is 0 Å². The van der Waals surface area contributed by atoms with Gasteiger partial charge in [-0.15, -0.1) is 0 Å². The van der Waals surface area contributed by atoms with Crippen LogP contribution in [0.25, 0.3) is 10.9 Å². The minimum absolute atomic E-state index is 0.176. The van der Waals surface area contributed by atoms with E-state index in [1.807, 2.05) is 25.1 Å². The summed E-state index contributed by atoms with van der Waals surface area (Å²) in [7, 11) is 0. The molecule has 1 amide bonds. The second-order valence-electron chi connectivity index (χ2n) is 4.55. The fourth-order valence-corrected chi connectivity index (χ4v) is 2.34. The molecule has 0 atom stereocenters. The molecule has 1 aromatic heterocycles. The molecule has 4 nitrogen and oxygen atoms in total. The molecule has 2 aromatic carbocycles. The molecule has 0 radical (unpaired) electrons. The Hall–Kier alpha value is -2.33. The van der Waals surface area contributed by atoms with Crippen molar-refractivity contribution in [3.05, 3.63) is 58.7 Å². The van der Waals surface area contributed by atoms with Gasteiger partial charge in [-0.25, -0.2) is 0 Å². The number of carbonyl (C=O) groups is 1. The van der Waals surface area contributed by atoms with Crippen LogP contribution < -0.4 is 5.32 Å². The summed E-state index contributed by atoms with van der Waals surface area (Å²) in [4.78, 5) is 12.4. The second kappa shape index (κ2) is 4.98. The Kier molecular flexibility index (Phi) is 3.16. The van der Waals surface area contributed by atoms with Gasteiger partial charge in [-0.2, -0.15) is 5.10 Å². The van der Waals surface area contributed by atoms with Gasteiger partial charge >= 0.3 is 0 Å². The zero-order chi connectivity index (χ0) is 14.1. The lowest BCUT2D eigenvalue weighted by atomic mass is 10.1. The van der Waals surface area contributed by atoms with Gasteiger partial charge in [-0.05, 0) is 36.8 Å². The zero-order valence-corrected chi connectivity index (χ0v) is 11.5. The number of aromatic amines is 1. The maximum absolute atomic E-state index is 12.4. The lowest BCUT2D eigenvalue weighted by Crippen LogP contribution is -2.13. The van der Waals surface area contributed by atoms with Crippen LogP contribution in [0.15, 0.2) is 42.6 Å². The Balaban J connectivity index is 1.95. The van der Waals surface area contributed by atoms with E-state index in [0.717, 1.165) is 22.2 Å². The quantitative estimate of drug-likeness (QED) is 0.753. The van der Waals surface area contributed by atoms with Crippen LogP contribution >= 0.6 is 11.6 Å². The number of aryl methyl sites for hydroxylation is 1. The number of carbonyl (C=O) groups excluding carboxylic acids is 1. The van der Waals surface area contributed by atoms with Crippen LogP contribution in [0.1, 0.15) is 15.9 Å². The number of amides is 1. The summed E-state index contributed by atoms with van der Waals surface area (Å²) in [5.41, 5.74) is 2.96. The predicted octanol–water partition coefficient (Wildman–Crippen LogP) is 3.78. The van der Waals surface area contributed by atoms with E-state index in [1.165, 1.54) is 0 Å². The largest absolute Gasteiger partial charge is 0.322 e. The maximum Gasteiger partial charge on any atom is 0.257 e. The average molecular weight is 286 g/mol. The number of hydrogen-bond donors (Lipinski definition) is 2. The first-order chi connectivity index (χ1) is 9.65. The fourth-order valence-electron chi connectivity index (χ4n) is 2.12. The van der Waals surface area contributed by atoms with Crippen molar-refractivity contribution in [1.82, 2.24) is 10.2 Å². The monoisotopic (exact) mass is 285 g/mol. The summed E-state index contributed by atoms with van der Waals surface area (Å²) >= 11 is 5.91. The van der Waals surface area contributed by atoms with Crippen molar-refractivity contribution in [3.63, 3.8) is 0 Å². The van der Waals surface area contributed by atoms with E-state index in [1.54, 1.807) is 24.4 Å². The smallest absolute Gasteiger partial charge is 0.257 e. The van der Waals surface area contributed by atoms with Crippen LogP contribution in [-0.2, 0) is 0 Å². The van der Waals surface area contributed by atoms with Crippen LogP contribution in [0, 0.1) is 6.92 Å². The minimum Gasteiger partial charge on any atom is -0.322 e. The molecule has 5 heteroatoms. The molecule has 0 aliphatic carbocycles. The Labute approximate surface area is 120 Å². The molecule has 0 saturated heterocycles. The highest BCUT2D eigenvalue weighted by atomic mass is 35.5. The third kappa shape index (κ3) is 2.26. The van der Waals surface area contributed by atoms with Gasteiger partial charge in [0.1, 0.15) is 0 Å². The summed E-state index contributed by atoms with van der Waals surface area (Å²) < 4.78 is 0. The number of nitrogens with zero attached hydrogens (tertiary/aromatic N) is 1. The molecule has 0 bridgehead atoms. The highest BCUT2D eigenvalue weighted by molar-refractivity contribution is 6.30. The predicted molar refractivity (Wildman–Crippen MR) is 80.2 cm³/mol. The van der Waals surface area contributed by atoms with Crippen LogP contribution in [0.2, 0.25) is 5.02 Å². The number of para-hydroxylation sites is 1. The number of halogens is 1. The van der Waals surface area contributed by atoms with Gasteiger partial charge in [0.25, 0.3) is 5.91 Å². The van der Waals surface area contributed by atoms with Gasteiger partial charge in [0.05, 0.1) is 17.3 Å². The normalized spacial score (nSPS) is 10.7.